The minimum absolute atomic E-state index is 0.0834. The van der Waals surface area contributed by atoms with E-state index in [1.54, 1.807) is 54.6 Å². The normalized spacial score (nSPS) is 12.0. The molecule has 0 aromatic heterocycles. The van der Waals surface area contributed by atoms with Crippen molar-refractivity contribution in [3.05, 3.63) is 95.6 Å². The van der Waals surface area contributed by atoms with Crippen LogP contribution in [0.1, 0.15) is 37.5 Å². The van der Waals surface area contributed by atoms with Crippen LogP contribution in [0.25, 0.3) is 6.08 Å². The van der Waals surface area contributed by atoms with Crippen molar-refractivity contribution in [1.82, 2.24) is 0 Å². The monoisotopic (exact) mass is 448 g/mol. The minimum atomic E-state index is -3.67. The molecule has 32 heavy (non-hydrogen) atoms. The molecule has 0 bridgehead atoms. The molecule has 0 radical (unpaired) electrons. The van der Waals surface area contributed by atoms with Crippen LogP contribution in [0, 0.1) is 6.92 Å². The van der Waals surface area contributed by atoms with Crippen LogP contribution in [0.4, 0.5) is 11.4 Å². The molecule has 6 heteroatoms. The number of nitrogens with one attached hydrogen (secondary N) is 2. The number of carbonyl (C=O) groups is 1. The Balaban J connectivity index is 1.59. The Labute approximate surface area is 190 Å². The summed E-state index contributed by atoms with van der Waals surface area (Å²) in [6, 6.07) is 21.2. The predicted octanol–water partition coefficient (Wildman–Crippen LogP) is 5.75. The van der Waals surface area contributed by atoms with Gasteiger partial charge in [0.05, 0.1) is 4.90 Å². The molecule has 0 aliphatic carbocycles. The fourth-order valence-corrected chi connectivity index (χ4v) is 4.06. The van der Waals surface area contributed by atoms with Gasteiger partial charge in [-0.15, -0.1) is 0 Å². The molecule has 1 amide bonds. The third-order valence-corrected chi connectivity index (χ3v) is 6.34. The number of hydrogen-bond acceptors (Lipinski definition) is 3. The van der Waals surface area contributed by atoms with Gasteiger partial charge in [-0.1, -0.05) is 62.7 Å². The van der Waals surface area contributed by atoms with Crippen LogP contribution in [0.3, 0.4) is 0 Å². The van der Waals surface area contributed by atoms with Crippen molar-refractivity contribution in [2.75, 3.05) is 10.0 Å². The highest BCUT2D eigenvalue weighted by Gasteiger charge is 2.14. The van der Waals surface area contributed by atoms with Gasteiger partial charge in [-0.05, 0) is 65.9 Å². The molecule has 3 rings (SSSR count). The second-order valence-corrected chi connectivity index (χ2v) is 10.4. The van der Waals surface area contributed by atoms with E-state index < -0.39 is 10.0 Å². The lowest BCUT2D eigenvalue weighted by molar-refractivity contribution is -0.111. The smallest absolute Gasteiger partial charge is 0.261 e. The lowest BCUT2D eigenvalue weighted by atomic mass is 9.87. The topological polar surface area (TPSA) is 75.3 Å². The van der Waals surface area contributed by atoms with Crippen molar-refractivity contribution in [2.24, 2.45) is 0 Å². The molecule has 0 saturated carbocycles. The van der Waals surface area contributed by atoms with Gasteiger partial charge in [0.15, 0.2) is 0 Å². The lowest BCUT2D eigenvalue weighted by Gasteiger charge is -2.18. The van der Waals surface area contributed by atoms with E-state index in [4.69, 9.17) is 0 Å². The molecule has 0 unspecified atom stereocenters. The first kappa shape index (κ1) is 23.3. The average Bonchev–Trinajstić information content (AvgIpc) is 2.73. The number of benzene rings is 3. The molecule has 0 saturated heterocycles. The first-order valence-corrected chi connectivity index (χ1v) is 11.8. The quantitative estimate of drug-likeness (QED) is 0.472. The Bertz CT molecular complexity index is 1200. The molecule has 3 aromatic carbocycles. The van der Waals surface area contributed by atoms with E-state index >= 15 is 0 Å². The van der Waals surface area contributed by atoms with Crippen molar-refractivity contribution in [2.45, 2.75) is 38.0 Å². The first-order valence-electron chi connectivity index (χ1n) is 10.3. The molecular weight excluding hydrogens is 420 g/mol. The highest BCUT2D eigenvalue weighted by atomic mass is 32.2. The first-order chi connectivity index (χ1) is 15.0. The van der Waals surface area contributed by atoms with E-state index in [0.717, 1.165) is 11.1 Å². The number of amides is 1. The average molecular weight is 449 g/mol. The van der Waals surface area contributed by atoms with Crippen molar-refractivity contribution in [3.8, 4) is 0 Å². The van der Waals surface area contributed by atoms with E-state index in [1.807, 2.05) is 19.1 Å². The van der Waals surface area contributed by atoms with Gasteiger partial charge < -0.3 is 5.32 Å². The van der Waals surface area contributed by atoms with Crippen LogP contribution in [0.5, 0.6) is 0 Å². The molecule has 5 nitrogen and oxygen atoms in total. The summed E-state index contributed by atoms with van der Waals surface area (Å²) in [7, 11) is -3.67. The van der Waals surface area contributed by atoms with Crippen LogP contribution in [0.15, 0.2) is 83.8 Å². The van der Waals surface area contributed by atoms with Gasteiger partial charge in [0.1, 0.15) is 0 Å². The molecular formula is C26H28N2O3S. The van der Waals surface area contributed by atoms with E-state index in [9.17, 15) is 13.2 Å². The summed E-state index contributed by atoms with van der Waals surface area (Å²) < 4.78 is 27.5. The molecule has 0 atom stereocenters. The summed E-state index contributed by atoms with van der Waals surface area (Å²) in [6.45, 7) is 8.37. The third-order valence-electron chi connectivity index (χ3n) is 4.94. The van der Waals surface area contributed by atoms with Gasteiger partial charge in [-0.2, -0.15) is 0 Å². The van der Waals surface area contributed by atoms with Gasteiger partial charge in [0, 0.05) is 17.5 Å². The summed E-state index contributed by atoms with van der Waals surface area (Å²) in [4.78, 5) is 12.4. The van der Waals surface area contributed by atoms with Gasteiger partial charge in [0.2, 0.25) is 5.91 Å². The second-order valence-electron chi connectivity index (χ2n) is 8.69. The van der Waals surface area contributed by atoms with E-state index in [1.165, 1.54) is 11.6 Å². The van der Waals surface area contributed by atoms with Gasteiger partial charge in [-0.25, -0.2) is 8.42 Å². The van der Waals surface area contributed by atoms with Crippen molar-refractivity contribution in [3.63, 3.8) is 0 Å². The number of sulfonamides is 1. The second kappa shape index (κ2) is 9.40. The Morgan fingerprint density at radius 1 is 0.812 bits per heavy atom. The zero-order chi connectivity index (χ0) is 23.4. The standard InChI is InChI=1S/C26H28N2O3S/c1-19-5-16-24(17-6-19)32(30,31)28-23-14-12-22(13-15-23)27-25(29)18-9-20-7-10-21(11-8-20)26(2,3)4/h5-18,28H,1-4H3,(H,27,29). The number of anilines is 2. The molecule has 0 heterocycles. The van der Waals surface area contributed by atoms with Crippen molar-refractivity contribution in [1.29, 1.82) is 0 Å². The maximum absolute atomic E-state index is 12.5. The molecule has 166 valence electrons. The number of rotatable bonds is 6. The fraction of sp³-hybridized carbons (Fsp3) is 0.192. The van der Waals surface area contributed by atoms with Crippen LogP contribution in [-0.4, -0.2) is 14.3 Å². The zero-order valence-electron chi connectivity index (χ0n) is 18.7. The van der Waals surface area contributed by atoms with Crippen LogP contribution in [0.2, 0.25) is 0 Å². The van der Waals surface area contributed by atoms with Gasteiger partial charge >= 0.3 is 0 Å². The molecule has 0 fully saturated rings. The highest BCUT2D eigenvalue weighted by molar-refractivity contribution is 7.92. The SMILES string of the molecule is Cc1ccc(S(=O)(=O)Nc2ccc(NC(=O)C=Cc3ccc(C(C)(C)C)cc3)cc2)cc1. The largest absolute Gasteiger partial charge is 0.323 e. The Hall–Kier alpha value is -3.38. The minimum Gasteiger partial charge on any atom is -0.323 e. The number of hydrogen-bond donors (Lipinski definition) is 2. The zero-order valence-corrected chi connectivity index (χ0v) is 19.5. The highest BCUT2D eigenvalue weighted by Crippen LogP contribution is 2.22. The van der Waals surface area contributed by atoms with Gasteiger partial charge in [-0.3, -0.25) is 9.52 Å². The molecule has 3 aromatic rings. The van der Waals surface area contributed by atoms with Crippen molar-refractivity contribution < 1.29 is 13.2 Å². The van der Waals surface area contributed by atoms with E-state index in [-0.39, 0.29) is 16.2 Å². The number of carbonyl (C=O) groups excluding carboxylic acids is 1. The molecule has 2 N–H and O–H groups in total. The molecule has 0 spiro atoms. The maximum Gasteiger partial charge on any atom is 0.261 e. The predicted molar refractivity (Wildman–Crippen MR) is 131 cm³/mol. The van der Waals surface area contributed by atoms with Crippen LogP contribution < -0.4 is 10.0 Å². The summed E-state index contributed by atoms with van der Waals surface area (Å²) in [5.74, 6) is -0.266. The maximum atomic E-state index is 12.5. The van der Waals surface area contributed by atoms with Crippen molar-refractivity contribution >= 4 is 33.4 Å². The van der Waals surface area contributed by atoms with E-state index in [0.29, 0.717) is 11.4 Å². The summed E-state index contributed by atoms with van der Waals surface area (Å²) in [5.41, 5.74) is 4.23. The summed E-state index contributed by atoms with van der Waals surface area (Å²) in [5, 5.41) is 2.77. The Kier molecular flexibility index (Phi) is 6.84. The lowest BCUT2D eigenvalue weighted by Crippen LogP contribution is -2.13. The summed E-state index contributed by atoms with van der Waals surface area (Å²) >= 11 is 0. The Morgan fingerprint density at radius 3 is 1.94 bits per heavy atom. The fourth-order valence-electron chi connectivity index (χ4n) is 3.00. The Morgan fingerprint density at radius 2 is 1.38 bits per heavy atom. The molecule has 0 aliphatic heterocycles. The van der Waals surface area contributed by atoms with Crippen LogP contribution >= 0.6 is 0 Å². The molecule has 0 aliphatic rings. The number of aryl methyl sites for hydroxylation is 1. The summed E-state index contributed by atoms with van der Waals surface area (Å²) in [6.07, 6.45) is 3.23. The third kappa shape index (κ3) is 6.31. The van der Waals surface area contributed by atoms with E-state index in [2.05, 4.69) is 42.9 Å². The van der Waals surface area contributed by atoms with Gasteiger partial charge in [0.25, 0.3) is 10.0 Å². The van der Waals surface area contributed by atoms with Crippen LogP contribution in [-0.2, 0) is 20.2 Å².